The maximum absolute atomic E-state index is 13.4. The van der Waals surface area contributed by atoms with Crippen LogP contribution in [0.5, 0.6) is 0 Å². The van der Waals surface area contributed by atoms with E-state index in [-0.39, 0.29) is 10.5 Å². The molecule has 1 aromatic rings. The summed E-state index contributed by atoms with van der Waals surface area (Å²) in [6, 6.07) is 2.87. The molecule has 100 valence electrons. The van der Waals surface area contributed by atoms with Gasteiger partial charge in [-0.05, 0) is 24.6 Å². The quantitative estimate of drug-likeness (QED) is 0.785. The zero-order valence-electron chi connectivity index (χ0n) is 9.94. The zero-order valence-corrected chi connectivity index (χ0v) is 10.8. The number of rotatable bonds is 5. The third kappa shape index (κ3) is 3.78. The smallest absolute Gasteiger partial charge is 0.254 e. The number of amides is 1. The lowest BCUT2D eigenvalue weighted by Gasteiger charge is -2.06. The summed E-state index contributed by atoms with van der Waals surface area (Å²) in [5, 5.41) is 7.42. The first-order valence-electron chi connectivity index (χ1n) is 5.46. The predicted molar refractivity (Wildman–Crippen MR) is 65.0 cm³/mol. The maximum Gasteiger partial charge on any atom is 0.254 e. The summed E-state index contributed by atoms with van der Waals surface area (Å²) in [5.74, 6) is -1.43. The van der Waals surface area contributed by atoms with Crippen molar-refractivity contribution in [2.24, 2.45) is 5.14 Å². The number of unbranched alkanes of at least 4 members (excludes halogenated alkanes) is 1. The minimum absolute atomic E-state index is 0.287. The number of benzene rings is 1. The fourth-order valence-electron chi connectivity index (χ4n) is 1.33. The van der Waals surface area contributed by atoms with Gasteiger partial charge in [0.15, 0.2) is 0 Å². The monoisotopic (exact) mass is 274 g/mol. The van der Waals surface area contributed by atoms with Gasteiger partial charge in [0, 0.05) is 6.54 Å². The number of nitrogens with one attached hydrogen (secondary N) is 1. The first-order valence-corrected chi connectivity index (χ1v) is 7.01. The van der Waals surface area contributed by atoms with Gasteiger partial charge >= 0.3 is 0 Å². The highest BCUT2D eigenvalue weighted by molar-refractivity contribution is 7.89. The first kappa shape index (κ1) is 14.6. The van der Waals surface area contributed by atoms with Crippen LogP contribution in [-0.2, 0) is 10.0 Å². The molecule has 1 rings (SSSR count). The molecule has 18 heavy (non-hydrogen) atoms. The summed E-state index contributed by atoms with van der Waals surface area (Å²) in [6.45, 7) is 2.36. The second-order valence-corrected chi connectivity index (χ2v) is 5.36. The van der Waals surface area contributed by atoms with Crippen LogP contribution >= 0.6 is 0 Å². The molecule has 0 atom stereocenters. The van der Waals surface area contributed by atoms with E-state index in [4.69, 9.17) is 5.14 Å². The number of primary sulfonamides is 1. The third-order valence-electron chi connectivity index (χ3n) is 2.33. The average Bonchev–Trinajstić information content (AvgIpc) is 2.28. The Kier molecular flexibility index (Phi) is 4.80. The summed E-state index contributed by atoms with van der Waals surface area (Å²) >= 11 is 0. The van der Waals surface area contributed by atoms with E-state index in [0.29, 0.717) is 6.54 Å². The average molecular weight is 274 g/mol. The molecule has 0 spiro atoms. The van der Waals surface area contributed by atoms with E-state index in [1.807, 2.05) is 6.92 Å². The highest BCUT2D eigenvalue weighted by Gasteiger charge is 2.16. The fourth-order valence-corrected chi connectivity index (χ4v) is 1.87. The van der Waals surface area contributed by atoms with Crippen LogP contribution in [0.25, 0.3) is 0 Å². The molecular formula is C11H15FN2O3S. The van der Waals surface area contributed by atoms with Crippen LogP contribution in [0.4, 0.5) is 4.39 Å². The molecule has 5 nitrogen and oxygen atoms in total. The molecule has 0 radical (unpaired) electrons. The van der Waals surface area contributed by atoms with Crippen LogP contribution in [0.15, 0.2) is 23.1 Å². The van der Waals surface area contributed by atoms with E-state index in [0.717, 1.165) is 31.0 Å². The molecule has 0 fully saturated rings. The van der Waals surface area contributed by atoms with Crippen molar-refractivity contribution in [1.82, 2.24) is 5.32 Å². The van der Waals surface area contributed by atoms with Crippen LogP contribution in [0, 0.1) is 5.82 Å². The Morgan fingerprint density at radius 1 is 1.44 bits per heavy atom. The summed E-state index contributed by atoms with van der Waals surface area (Å²) in [6.07, 6.45) is 1.65. The Balaban J connectivity index is 2.97. The number of hydrogen-bond donors (Lipinski definition) is 2. The van der Waals surface area contributed by atoms with Crippen molar-refractivity contribution >= 4 is 15.9 Å². The van der Waals surface area contributed by atoms with Gasteiger partial charge in [0.25, 0.3) is 5.91 Å². The van der Waals surface area contributed by atoms with E-state index in [9.17, 15) is 17.6 Å². The molecule has 0 aromatic heterocycles. The number of sulfonamides is 1. The van der Waals surface area contributed by atoms with E-state index in [1.54, 1.807) is 0 Å². The normalized spacial score (nSPS) is 11.3. The summed E-state index contributed by atoms with van der Waals surface area (Å²) < 4.78 is 35.6. The van der Waals surface area contributed by atoms with Crippen LogP contribution < -0.4 is 10.5 Å². The van der Waals surface area contributed by atoms with Crippen LogP contribution in [0.2, 0.25) is 0 Å². The molecular weight excluding hydrogens is 259 g/mol. The number of carbonyl (C=O) groups is 1. The van der Waals surface area contributed by atoms with Gasteiger partial charge in [-0.25, -0.2) is 17.9 Å². The summed E-state index contributed by atoms with van der Waals surface area (Å²) in [5.41, 5.74) is -0.322. The number of nitrogens with two attached hydrogens (primary N) is 1. The van der Waals surface area contributed by atoms with Crippen molar-refractivity contribution in [3.8, 4) is 0 Å². The standard InChI is InChI=1S/C11H15FN2O3S/c1-2-3-6-14-11(15)9-7-8(18(13,16)17)4-5-10(9)12/h4-5,7H,2-3,6H2,1H3,(H,14,15)(H2,13,16,17). The van der Waals surface area contributed by atoms with E-state index < -0.39 is 21.7 Å². The van der Waals surface area contributed by atoms with E-state index >= 15 is 0 Å². The molecule has 0 aliphatic rings. The van der Waals surface area contributed by atoms with E-state index in [1.165, 1.54) is 0 Å². The number of carbonyl (C=O) groups excluding carboxylic acids is 1. The first-order chi connectivity index (χ1) is 8.36. The van der Waals surface area contributed by atoms with Gasteiger partial charge in [-0.15, -0.1) is 0 Å². The van der Waals surface area contributed by atoms with Crippen LogP contribution in [-0.4, -0.2) is 20.9 Å². The van der Waals surface area contributed by atoms with Gasteiger partial charge in [0.05, 0.1) is 10.5 Å². The molecule has 3 N–H and O–H groups in total. The SMILES string of the molecule is CCCCNC(=O)c1cc(S(N)(=O)=O)ccc1F. The molecule has 1 aromatic carbocycles. The van der Waals surface area contributed by atoms with Gasteiger partial charge in [0.1, 0.15) is 5.82 Å². The lowest BCUT2D eigenvalue weighted by molar-refractivity contribution is 0.0949. The number of halogens is 1. The molecule has 0 aliphatic carbocycles. The van der Waals surface area contributed by atoms with Crippen molar-refractivity contribution in [3.05, 3.63) is 29.6 Å². The number of hydrogen-bond acceptors (Lipinski definition) is 3. The Morgan fingerprint density at radius 2 is 2.11 bits per heavy atom. The molecule has 0 unspecified atom stereocenters. The molecule has 7 heteroatoms. The zero-order chi connectivity index (χ0) is 13.8. The largest absolute Gasteiger partial charge is 0.352 e. The third-order valence-corrected chi connectivity index (χ3v) is 3.24. The summed E-state index contributed by atoms with van der Waals surface area (Å²) in [7, 11) is -3.95. The lowest BCUT2D eigenvalue weighted by atomic mass is 10.2. The van der Waals surface area contributed by atoms with Crippen molar-refractivity contribution in [3.63, 3.8) is 0 Å². The highest BCUT2D eigenvalue weighted by atomic mass is 32.2. The Morgan fingerprint density at radius 3 is 2.67 bits per heavy atom. The Hall–Kier alpha value is -1.47. The summed E-state index contributed by atoms with van der Waals surface area (Å²) in [4.78, 5) is 11.3. The Bertz CT molecular complexity index is 543. The van der Waals surface area contributed by atoms with Gasteiger partial charge in [-0.3, -0.25) is 4.79 Å². The van der Waals surface area contributed by atoms with Crippen molar-refractivity contribution in [1.29, 1.82) is 0 Å². The second-order valence-electron chi connectivity index (χ2n) is 3.80. The van der Waals surface area contributed by atoms with Crippen LogP contribution in [0.1, 0.15) is 30.1 Å². The topological polar surface area (TPSA) is 89.3 Å². The minimum atomic E-state index is -3.95. The lowest BCUT2D eigenvalue weighted by Crippen LogP contribution is -2.26. The molecule has 0 bridgehead atoms. The highest BCUT2D eigenvalue weighted by Crippen LogP contribution is 2.13. The molecule has 0 saturated heterocycles. The molecule has 1 amide bonds. The van der Waals surface area contributed by atoms with Crippen molar-refractivity contribution in [2.75, 3.05) is 6.54 Å². The molecule has 0 aliphatic heterocycles. The van der Waals surface area contributed by atoms with E-state index in [2.05, 4.69) is 5.32 Å². The van der Waals surface area contributed by atoms with Gasteiger partial charge < -0.3 is 5.32 Å². The van der Waals surface area contributed by atoms with Crippen LogP contribution in [0.3, 0.4) is 0 Å². The Labute approximate surface area is 105 Å². The van der Waals surface area contributed by atoms with Gasteiger partial charge in [0.2, 0.25) is 10.0 Å². The maximum atomic E-state index is 13.4. The molecule has 0 heterocycles. The predicted octanol–water partition coefficient (Wildman–Crippen LogP) is 1.00. The van der Waals surface area contributed by atoms with Gasteiger partial charge in [-0.2, -0.15) is 0 Å². The van der Waals surface area contributed by atoms with Crippen molar-refractivity contribution < 1.29 is 17.6 Å². The molecule has 0 saturated carbocycles. The second kappa shape index (κ2) is 5.92. The minimum Gasteiger partial charge on any atom is -0.352 e. The van der Waals surface area contributed by atoms with Crippen molar-refractivity contribution in [2.45, 2.75) is 24.7 Å². The fraction of sp³-hybridized carbons (Fsp3) is 0.364. The van der Waals surface area contributed by atoms with Gasteiger partial charge in [-0.1, -0.05) is 13.3 Å².